The van der Waals surface area contributed by atoms with Crippen molar-refractivity contribution in [2.45, 2.75) is 0 Å². The Balaban J connectivity index is 0.00000133. The van der Waals surface area contributed by atoms with Crippen LogP contribution >= 0.6 is 28.3 Å². The zero-order chi connectivity index (χ0) is 12.4. The molecule has 1 aromatic carbocycles. The van der Waals surface area contributed by atoms with E-state index in [1.165, 1.54) is 0 Å². The number of rotatable bonds is 2. The molecule has 0 saturated carbocycles. The van der Waals surface area contributed by atoms with Crippen LogP contribution in [-0.2, 0) is 4.74 Å². The predicted molar refractivity (Wildman–Crippen MR) is 82.6 cm³/mol. The van der Waals surface area contributed by atoms with E-state index in [0.29, 0.717) is 0 Å². The highest BCUT2D eigenvalue weighted by atomic mass is 79.9. The third-order valence-electron chi connectivity index (χ3n) is 2.95. The number of aromatic hydroxyl groups is 1. The summed E-state index contributed by atoms with van der Waals surface area (Å²) in [4.78, 5) is 6.81. The Labute approximate surface area is 126 Å². The van der Waals surface area contributed by atoms with Crippen LogP contribution in [0.15, 0.2) is 29.6 Å². The zero-order valence-electron chi connectivity index (χ0n) is 10.3. The van der Waals surface area contributed by atoms with Gasteiger partial charge < -0.3 is 14.7 Å². The van der Waals surface area contributed by atoms with Crippen molar-refractivity contribution < 1.29 is 9.84 Å². The number of thiazole rings is 1. The summed E-state index contributed by atoms with van der Waals surface area (Å²) in [6, 6.07) is 7.29. The maximum absolute atomic E-state index is 9.81. The SMILES string of the molecule is Br.Oc1ccccc1-c1csc(N2CCOCC2)n1. The number of para-hydroxylation sites is 1. The second-order valence-corrected chi connectivity index (χ2v) is 4.97. The van der Waals surface area contributed by atoms with Gasteiger partial charge in [-0.15, -0.1) is 28.3 Å². The highest BCUT2D eigenvalue weighted by molar-refractivity contribution is 8.93. The number of nitrogens with zero attached hydrogens (tertiary/aromatic N) is 2. The fourth-order valence-corrected chi connectivity index (χ4v) is 2.86. The third kappa shape index (κ3) is 3.08. The first kappa shape index (κ1) is 14.3. The van der Waals surface area contributed by atoms with Crippen LogP contribution < -0.4 is 4.90 Å². The number of ether oxygens (including phenoxy) is 1. The molecule has 0 spiro atoms. The van der Waals surface area contributed by atoms with Crippen molar-refractivity contribution in [3.8, 4) is 17.0 Å². The van der Waals surface area contributed by atoms with Crippen LogP contribution in [0.2, 0.25) is 0 Å². The van der Waals surface area contributed by atoms with Gasteiger partial charge in [0.25, 0.3) is 0 Å². The summed E-state index contributed by atoms with van der Waals surface area (Å²) in [6.07, 6.45) is 0. The van der Waals surface area contributed by atoms with E-state index in [1.54, 1.807) is 17.4 Å². The number of morpholine rings is 1. The van der Waals surface area contributed by atoms with E-state index in [-0.39, 0.29) is 22.7 Å². The molecule has 3 rings (SSSR count). The Bertz CT molecular complexity index is 541. The standard InChI is InChI=1S/C13H14N2O2S.BrH/c16-12-4-2-1-3-10(12)11-9-18-13(14-11)15-5-7-17-8-6-15;/h1-4,9,16H,5-8H2;1H. The van der Waals surface area contributed by atoms with E-state index in [0.717, 1.165) is 42.7 Å². The lowest BCUT2D eigenvalue weighted by atomic mass is 10.1. The largest absolute Gasteiger partial charge is 0.507 e. The first-order chi connectivity index (χ1) is 8.84. The highest BCUT2D eigenvalue weighted by Crippen LogP contribution is 2.32. The molecule has 0 aliphatic carbocycles. The van der Waals surface area contributed by atoms with Gasteiger partial charge in [-0.1, -0.05) is 12.1 Å². The number of anilines is 1. The molecule has 4 nitrogen and oxygen atoms in total. The summed E-state index contributed by atoms with van der Waals surface area (Å²) >= 11 is 1.61. The van der Waals surface area contributed by atoms with Gasteiger partial charge in [-0.2, -0.15) is 0 Å². The molecule has 1 N–H and O–H groups in total. The van der Waals surface area contributed by atoms with E-state index < -0.39 is 0 Å². The van der Waals surface area contributed by atoms with Crippen LogP contribution in [0.1, 0.15) is 0 Å². The minimum Gasteiger partial charge on any atom is -0.507 e. The molecule has 1 aliphatic rings. The van der Waals surface area contributed by atoms with Gasteiger partial charge in [-0.3, -0.25) is 0 Å². The fraction of sp³-hybridized carbons (Fsp3) is 0.308. The topological polar surface area (TPSA) is 45.6 Å². The van der Waals surface area contributed by atoms with Crippen LogP contribution in [0.3, 0.4) is 0 Å². The molecule has 0 atom stereocenters. The van der Waals surface area contributed by atoms with Gasteiger partial charge >= 0.3 is 0 Å². The predicted octanol–water partition coefficient (Wildman–Crippen LogP) is 2.93. The van der Waals surface area contributed by atoms with Crippen LogP contribution in [0.4, 0.5) is 5.13 Å². The van der Waals surface area contributed by atoms with E-state index >= 15 is 0 Å². The van der Waals surface area contributed by atoms with Crippen LogP contribution in [0.25, 0.3) is 11.3 Å². The molecule has 0 bridgehead atoms. The van der Waals surface area contributed by atoms with Crippen molar-refractivity contribution in [1.29, 1.82) is 0 Å². The first-order valence-corrected chi connectivity index (χ1v) is 6.79. The number of aromatic nitrogens is 1. The maximum atomic E-state index is 9.81. The zero-order valence-corrected chi connectivity index (χ0v) is 12.8. The molecule has 0 amide bonds. The molecule has 1 aliphatic heterocycles. The molecule has 19 heavy (non-hydrogen) atoms. The van der Waals surface area contributed by atoms with Crippen molar-refractivity contribution in [3.05, 3.63) is 29.6 Å². The Morgan fingerprint density at radius 1 is 1.21 bits per heavy atom. The number of phenolic OH excluding ortho intramolecular Hbond substituents is 1. The van der Waals surface area contributed by atoms with E-state index in [9.17, 15) is 5.11 Å². The van der Waals surface area contributed by atoms with Gasteiger partial charge in [0.05, 0.1) is 18.9 Å². The molecule has 1 saturated heterocycles. The van der Waals surface area contributed by atoms with Crippen LogP contribution in [0.5, 0.6) is 5.75 Å². The summed E-state index contributed by atoms with van der Waals surface area (Å²) in [5.74, 6) is 0.274. The van der Waals surface area contributed by atoms with Crippen molar-refractivity contribution in [2.24, 2.45) is 0 Å². The van der Waals surface area contributed by atoms with Gasteiger partial charge in [0.2, 0.25) is 0 Å². The van der Waals surface area contributed by atoms with E-state index in [1.807, 2.05) is 23.6 Å². The van der Waals surface area contributed by atoms with Gasteiger partial charge in [-0.25, -0.2) is 4.98 Å². The number of halogens is 1. The molecule has 2 aromatic rings. The summed E-state index contributed by atoms with van der Waals surface area (Å²) in [7, 11) is 0. The number of benzene rings is 1. The molecule has 1 fully saturated rings. The third-order valence-corrected chi connectivity index (χ3v) is 3.86. The van der Waals surface area contributed by atoms with Gasteiger partial charge in [0, 0.05) is 24.0 Å². The molecular formula is C13H15BrN2O2S. The van der Waals surface area contributed by atoms with Crippen molar-refractivity contribution in [2.75, 3.05) is 31.2 Å². The summed E-state index contributed by atoms with van der Waals surface area (Å²) < 4.78 is 5.33. The highest BCUT2D eigenvalue weighted by Gasteiger charge is 2.15. The molecule has 0 radical (unpaired) electrons. The Morgan fingerprint density at radius 2 is 1.95 bits per heavy atom. The molecule has 102 valence electrons. The van der Waals surface area contributed by atoms with E-state index in [2.05, 4.69) is 9.88 Å². The van der Waals surface area contributed by atoms with Crippen LogP contribution in [-0.4, -0.2) is 36.4 Å². The molecular weight excluding hydrogens is 328 g/mol. The fourth-order valence-electron chi connectivity index (χ4n) is 1.98. The van der Waals surface area contributed by atoms with Crippen LogP contribution in [0, 0.1) is 0 Å². The van der Waals surface area contributed by atoms with Gasteiger partial charge in [0.1, 0.15) is 5.75 Å². The molecule has 1 aromatic heterocycles. The summed E-state index contributed by atoms with van der Waals surface area (Å²) in [6.45, 7) is 3.28. The van der Waals surface area contributed by atoms with Gasteiger partial charge in [-0.05, 0) is 12.1 Å². The Hall–Kier alpha value is -1.11. The van der Waals surface area contributed by atoms with Crippen molar-refractivity contribution in [3.63, 3.8) is 0 Å². The van der Waals surface area contributed by atoms with Crippen molar-refractivity contribution >= 4 is 33.4 Å². The lowest BCUT2D eigenvalue weighted by molar-refractivity contribution is 0.122. The molecule has 6 heteroatoms. The first-order valence-electron chi connectivity index (χ1n) is 5.91. The summed E-state index contributed by atoms with van der Waals surface area (Å²) in [5.41, 5.74) is 1.62. The maximum Gasteiger partial charge on any atom is 0.186 e. The Morgan fingerprint density at radius 3 is 2.68 bits per heavy atom. The number of phenols is 1. The minimum absolute atomic E-state index is 0. The van der Waals surface area contributed by atoms with E-state index in [4.69, 9.17) is 4.74 Å². The lowest BCUT2D eigenvalue weighted by Gasteiger charge is -2.26. The second-order valence-electron chi connectivity index (χ2n) is 4.13. The number of hydrogen-bond acceptors (Lipinski definition) is 5. The average Bonchev–Trinajstić information content (AvgIpc) is 2.90. The quantitative estimate of drug-likeness (QED) is 0.911. The van der Waals surface area contributed by atoms with Crippen molar-refractivity contribution in [1.82, 2.24) is 4.98 Å². The summed E-state index contributed by atoms with van der Waals surface area (Å²) in [5, 5.41) is 12.8. The minimum atomic E-state index is 0. The monoisotopic (exact) mass is 342 g/mol. The lowest BCUT2D eigenvalue weighted by Crippen LogP contribution is -2.36. The van der Waals surface area contributed by atoms with Gasteiger partial charge in [0.15, 0.2) is 5.13 Å². The molecule has 0 unspecified atom stereocenters. The average molecular weight is 343 g/mol. The molecule has 2 heterocycles. The second kappa shape index (κ2) is 6.36. The number of hydrogen-bond donors (Lipinski definition) is 1. The smallest absolute Gasteiger partial charge is 0.186 e. The normalized spacial score (nSPS) is 15.1. The Kier molecular flexibility index (Phi) is 4.79.